The maximum absolute atomic E-state index is 5.51. The highest BCUT2D eigenvalue weighted by Crippen LogP contribution is 2.11. The molecule has 1 aromatic carbocycles. The van der Waals surface area contributed by atoms with Gasteiger partial charge in [0.25, 0.3) is 0 Å². The minimum atomic E-state index is 0.405. The van der Waals surface area contributed by atoms with Crippen LogP contribution < -0.4 is 11.1 Å². The zero-order chi connectivity index (χ0) is 10.4. The molecule has 1 rings (SSSR count). The normalized spacial score (nSPS) is 12.8. The number of benzene rings is 1. The molecule has 0 aliphatic heterocycles. The average molecular weight is 257 g/mol. The lowest BCUT2D eigenvalue weighted by Crippen LogP contribution is -2.34. The lowest BCUT2D eigenvalue weighted by Gasteiger charge is -2.10. The maximum Gasteiger partial charge on any atom is 0.0178 e. The summed E-state index contributed by atoms with van der Waals surface area (Å²) in [5, 5.41) is 3.36. The van der Waals surface area contributed by atoms with Crippen LogP contribution in [-0.4, -0.2) is 19.1 Å². The van der Waals surface area contributed by atoms with E-state index in [1.807, 2.05) is 6.07 Å². The molecule has 3 heteroatoms. The molecule has 0 spiro atoms. The van der Waals surface area contributed by atoms with E-state index in [0.717, 1.165) is 17.4 Å². The Labute approximate surface area is 94.0 Å². The van der Waals surface area contributed by atoms with Crippen molar-refractivity contribution < 1.29 is 0 Å². The van der Waals surface area contributed by atoms with Crippen molar-refractivity contribution >= 4 is 15.9 Å². The fourth-order valence-electron chi connectivity index (χ4n) is 1.24. The van der Waals surface area contributed by atoms with Crippen LogP contribution in [0.25, 0.3) is 0 Å². The molecule has 0 saturated carbocycles. The number of hydrogen-bond donors (Lipinski definition) is 2. The van der Waals surface area contributed by atoms with Crippen LogP contribution in [-0.2, 0) is 6.42 Å². The largest absolute Gasteiger partial charge is 0.329 e. The Bertz CT molecular complexity index is 276. The van der Waals surface area contributed by atoms with Crippen molar-refractivity contribution in [3.8, 4) is 0 Å². The van der Waals surface area contributed by atoms with Gasteiger partial charge in [-0.25, -0.2) is 0 Å². The molecule has 1 atom stereocenters. The van der Waals surface area contributed by atoms with Crippen LogP contribution in [0.3, 0.4) is 0 Å². The summed E-state index contributed by atoms with van der Waals surface area (Å²) in [6.45, 7) is 3.77. The molecule has 14 heavy (non-hydrogen) atoms. The summed E-state index contributed by atoms with van der Waals surface area (Å²) in [5.74, 6) is 0. The summed E-state index contributed by atoms with van der Waals surface area (Å²) in [6, 6.07) is 8.79. The maximum atomic E-state index is 5.51. The molecular formula is C11H17BrN2. The first kappa shape index (κ1) is 11.7. The number of rotatable bonds is 5. The predicted molar refractivity (Wildman–Crippen MR) is 64.4 cm³/mol. The third kappa shape index (κ3) is 4.22. The van der Waals surface area contributed by atoms with Gasteiger partial charge in [0, 0.05) is 17.1 Å². The third-order valence-corrected chi connectivity index (χ3v) is 2.64. The lowest BCUT2D eigenvalue weighted by atomic mass is 10.1. The van der Waals surface area contributed by atoms with Gasteiger partial charge in [0.15, 0.2) is 0 Å². The van der Waals surface area contributed by atoms with E-state index in [2.05, 4.69) is 46.4 Å². The van der Waals surface area contributed by atoms with Gasteiger partial charge in [-0.15, -0.1) is 0 Å². The Kier molecular flexibility index (Phi) is 5.15. The molecule has 0 heterocycles. The van der Waals surface area contributed by atoms with Gasteiger partial charge < -0.3 is 11.1 Å². The molecule has 0 radical (unpaired) electrons. The van der Waals surface area contributed by atoms with Gasteiger partial charge >= 0.3 is 0 Å². The highest BCUT2D eigenvalue weighted by atomic mass is 79.9. The van der Waals surface area contributed by atoms with Gasteiger partial charge in [0.2, 0.25) is 0 Å². The minimum Gasteiger partial charge on any atom is -0.329 e. The fraction of sp³-hybridized carbons (Fsp3) is 0.455. The Morgan fingerprint density at radius 1 is 1.50 bits per heavy atom. The summed E-state index contributed by atoms with van der Waals surface area (Å²) >= 11 is 3.46. The Morgan fingerprint density at radius 2 is 2.29 bits per heavy atom. The van der Waals surface area contributed by atoms with Crippen LogP contribution in [0.1, 0.15) is 12.5 Å². The van der Waals surface area contributed by atoms with E-state index in [0.29, 0.717) is 12.6 Å². The monoisotopic (exact) mass is 256 g/mol. The van der Waals surface area contributed by atoms with Crippen LogP contribution in [0.15, 0.2) is 28.7 Å². The smallest absolute Gasteiger partial charge is 0.0178 e. The van der Waals surface area contributed by atoms with Gasteiger partial charge in [-0.3, -0.25) is 0 Å². The van der Waals surface area contributed by atoms with E-state index in [4.69, 9.17) is 5.73 Å². The van der Waals surface area contributed by atoms with E-state index >= 15 is 0 Å². The molecule has 3 N–H and O–H groups in total. The average Bonchev–Trinajstić information content (AvgIpc) is 2.17. The molecule has 78 valence electrons. The van der Waals surface area contributed by atoms with Gasteiger partial charge in [-0.05, 0) is 37.6 Å². The highest BCUT2D eigenvalue weighted by Gasteiger charge is 1.97. The second-order valence-corrected chi connectivity index (χ2v) is 4.39. The standard InChI is InChI=1S/C11H17BrN2/c1-9(8-13)14-6-5-10-3-2-4-11(12)7-10/h2-4,7,9,14H,5-6,8,13H2,1H3/t9-/m0/s1. The first-order chi connectivity index (χ1) is 6.72. The SMILES string of the molecule is C[C@@H](CN)NCCc1cccc(Br)c1. The molecule has 2 nitrogen and oxygen atoms in total. The van der Waals surface area contributed by atoms with Crippen molar-refractivity contribution in [2.45, 2.75) is 19.4 Å². The van der Waals surface area contributed by atoms with Crippen molar-refractivity contribution in [2.24, 2.45) is 5.73 Å². The topological polar surface area (TPSA) is 38.0 Å². The summed E-state index contributed by atoms with van der Waals surface area (Å²) in [4.78, 5) is 0. The number of hydrogen-bond acceptors (Lipinski definition) is 2. The third-order valence-electron chi connectivity index (χ3n) is 2.15. The number of halogens is 1. The van der Waals surface area contributed by atoms with Crippen molar-refractivity contribution in [2.75, 3.05) is 13.1 Å². The molecule has 1 aromatic rings. The number of nitrogens with one attached hydrogen (secondary N) is 1. The Balaban J connectivity index is 2.31. The lowest BCUT2D eigenvalue weighted by molar-refractivity contribution is 0.559. The molecule has 0 aromatic heterocycles. The summed E-state index contributed by atoms with van der Waals surface area (Å²) in [6.07, 6.45) is 1.05. The van der Waals surface area contributed by atoms with Crippen molar-refractivity contribution in [1.29, 1.82) is 0 Å². The molecule has 0 amide bonds. The first-order valence-corrected chi connectivity index (χ1v) is 5.69. The van der Waals surface area contributed by atoms with Gasteiger partial charge in [0.1, 0.15) is 0 Å². The van der Waals surface area contributed by atoms with Gasteiger partial charge in [-0.2, -0.15) is 0 Å². The molecule has 0 unspecified atom stereocenters. The van der Waals surface area contributed by atoms with Gasteiger partial charge in [0.05, 0.1) is 0 Å². The zero-order valence-corrected chi connectivity index (χ0v) is 10.0. The van der Waals surface area contributed by atoms with Crippen LogP contribution in [0.5, 0.6) is 0 Å². The van der Waals surface area contributed by atoms with Crippen molar-refractivity contribution in [1.82, 2.24) is 5.32 Å². The van der Waals surface area contributed by atoms with E-state index in [-0.39, 0.29) is 0 Å². The molecule has 0 bridgehead atoms. The summed E-state index contributed by atoms with van der Waals surface area (Å²) in [7, 11) is 0. The van der Waals surface area contributed by atoms with Crippen LogP contribution in [0, 0.1) is 0 Å². The van der Waals surface area contributed by atoms with E-state index in [1.54, 1.807) is 0 Å². The van der Waals surface area contributed by atoms with Crippen molar-refractivity contribution in [3.05, 3.63) is 34.3 Å². The Hall–Kier alpha value is -0.380. The zero-order valence-electron chi connectivity index (χ0n) is 8.46. The second kappa shape index (κ2) is 6.17. The molecule has 0 saturated heterocycles. The van der Waals surface area contributed by atoms with Crippen LogP contribution >= 0.6 is 15.9 Å². The van der Waals surface area contributed by atoms with E-state index in [9.17, 15) is 0 Å². The molecule has 0 fully saturated rings. The minimum absolute atomic E-state index is 0.405. The van der Waals surface area contributed by atoms with Gasteiger partial charge in [-0.1, -0.05) is 28.1 Å². The predicted octanol–water partition coefficient (Wildman–Crippen LogP) is 1.93. The quantitative estimate of drug-likeness (QED) is 0.845. The van der Waals surface area contributed by atoms with Crippen LogP contribution in [0.4, 0.5) is 0 Å². The molecule has 0 aliphatic carbocycles. The fourth-order valence-corrected chi connectivity index (χ4v) is 1.69. The highest BCUT2D eigenvalue weighted by molar-refractivity contribution is 9.10. The first-order valence-electron chi connectivity index (χ1n) is 4.90. The summed E-state index contributed by atoms with van der Waals surface area (Å²) in [5.41, 5.74) is 6.85. The Morgan fingerprint density at radius 3 is 2.93 bits per heavy atom. The summed E-state index contributed by atoms with van der Waals surface area (Å²) < 4.78 is 1.14. The van der Waals surface area contributed by atoms with Crippen molar-refractivity contribution in [3.63, 3.8) is 0 Å². The molecule has 0 aliphatic rings. The molecular weight excluding hydrogens is 240 g/mol. The van der Waals surface area contributed by atoms with E-state index < -0.39 is 0 Å². The van der Waals surface area contributed by atoms with Crippen LogP contribution in [0.2, 0.25) is 0 Å². The second-order valence-electron chi connectivity index (χ2n) is 3.47. The number of nitrogens with two attached hydrogens (primary N) is 1. The van der Waals surface area contributed by atoms with E-state index in [1.165, 1.54) is 5.56 Å².